The Morgan fingerprint density at radius 2 is 1.84 bits per heavy atom. The van der Waals surface area contributed by atoms with Gasteiger partial charge in [-0.25, -0.2) is 5.43 Å². The van der Waals surface area contributed by atoms with Crippen LogP contribution in [-0.4, -0.2) is 23.7 Å². The lowest BCUT2D eigenvalue weighted by Gasteiger charge is -2.46. The highest BCUT2D eigenvalue weighted by Crippen LogP contribution is 2.41. The SMILES string of the molecule is CC1=CC(C)(C)N(C(C)C)c2cc(C)c(/C=N\NC(=O)c3cccc(C(F)(F)F)c3)cc21. The summed E-state index contributed by atoms with van der Waals surface area (Å²) in [5, 5.41) is 3.99. The average Bonchev–Trinajstić information content (AvgIpc) is 2.67. The molecule has 1 amide bonds. The van der Waals surface area contributed by atoms with E-state index in [0.717, 1.165) is 40.1 Å². The largest absolute Gasteiger partial charge is 0.416 e. The van der Waals surface area contributed by atoms with E-state index in [1.807, 2.05) is 13.0 Å². The van der Waals surface area contributed by atoms with Crippen molar-refractivity contribution in [1.82, 2.24) is 5.43 Å². The molecule has 0 aliphatic carbocycles. The molecule has 0 aromatic heterocycles. The van der Waals surface area contributed by atoms with Crippen LogP contribution < -0.4 is 10.3 Å². The number of carbonyl (C=O) groups excluding carboxylic acids is 1. The van der Waals surface area contributed by atoms with E-state index >= 15 is 0 Å². The van der Waals surface area contributed by atoms with E-state index in [1.54, 1.807) is 0 Å². The van der Waals surface area contributed by atoms with E-state index in [9.17, 15) is 18.0 Å². The van der Waals surface area contributed by atoms with Crippen molar-refractivity contribution in [1.29, 1.82) is 0 Å². The van der Waals surface area contributed by atoms with Crippen molar-refractivity contribution in [3.05, 3.63) is 70.3 Å². The molecule has 1 N–H and O–H groups in total. The van der Waals surface area contributed by atoms with Crippen LogP contribution in [0.3, 0.4) is 0 Å². The van der Waals surface area contributed by atoms with Gasteiger partial charge in [0.25, 0.3) is 5.91 Å². The van der Waals surface area contributed by atoms with Gasteiger partial charge >= 0.3 is 6.18 Å². The third-order valence-electron chi connectivity index (χ3n) is 5.60. The topological polar surface area (TPSA) is 44.7 Å². The van der Waals surface area contributed by atoms with Crippen LogP contribution in [0.4, 0.5) is 18.9 Å². The predicted molar refractivity (Wildman–Crippen MR) is 123 cm³/mol. The molecule has 0 fully saturated rings. The molecule has 1 aliphatic rings. The maximum Gasteiger partial charge on any atom is 0.416 e. The highest BCUT2D eigenvalue weighted by molar-refractivity contribution is 5.95. The van der Waals surface area contributed by atoms with E-state index in [1.165, 1.54) is 18.3 Å². The summed E-state index contributed by atoms with van der Waals surface area (Å²) in [5.41, 5.74) is 6.43. The monoisotopic (exact) mass is 443 g/mol. The van der Waals surface area contributed by atoms with Gasteiger partial charge in [-0.1, -0.05) is 12.1 Å². The number of hydrogen-bond donors (Lipinski definition) is 1. The maximum atomic E-state index is 12.9. The molecule has 4 nitrogen and oxygen atoms in total. The van der Waals surface area contributed by atoms with Crippen molar-refractivity contribution in [2.24, 2.45) is 5.10 Å². The Kier molecular flexibility index (Phi) is 6.22. The Bertz CT molecular complexity index is 1100. The third kappa shape index (κ3) is 4.71. The lowest BCUT2D eigenvalue weighted by atomic mass is 9.86. The van der Waals surface area contributed by atoms with Gasteiger partial charge in [-0.3, -0.25) is 4.79 Å². The normalized spacial score (nSPS) is 15.7. The van der Waals surface area contributed by atoms with Crippen LogP contribution in [0, 0.1) is 6.92 Å². The number of allylic oxidation sites excluding steroid dienone is 1. The minimum atomic E-state index is -4.51. The van der Waals surface area contributed by atoms with Gasteiger partial charge in [0.05, 0.1) is 17.3 Å². The van der Waals surface area contributed by atoms with Crippen molar-refractivity contribution < 1.29 is 18.0 Å². The summed E-state index contributed by atoms with van der Waals surface area (Å²) < 4.78 is 38.6. The van der Waals surface area contributed by atoms with Gasteiger partial charge < -0.3 is 4.90 Å². The Morgan fingerprint density at radius 3 is 2.47 bits per heavy atom. The van der Waals surface area contributed by atoms with Gasteiger partial charge in [-0.05, 0) is 88.6 Å². The van der Waals surface area contributed by atoms with E-state index in [-0.39, 0.29) is 11.1 Å². The third-order valence-corrected chi connectivity index (χ3v) is 5.60. The predicted octanol–water partition coefficient (Wildman–Crippen LogP) is 6.19. The van der Waals surface area contributed by atoms with Gasteiger partial charge in [-0.15, -0.1) is 0 Å². The molecule has 2 aromatic carbocycles. The van der Waals surface area contributed by atoms with Crippen LogP contribution in [0.5, 0.6) is 0 Å². The van der Waals surface area contributed by atoms with E-state index < -0.39 is 17.6 Å². The average molecular weight is 444 g/mol. The quantitative estimate of drug-likeness (QED) is 0.452. The zero-order valence-electron chi connectivity index (χ0n) is 19.1. The molecule has 7 heteroatoms. The second-order valence-electron chi connectivity index (χ2n) is 8.95. The highest BCUT2D eigenvalue weighted by Gasteiger charge is 2.33. The number of benzene rings is 2. The highest BCUT2D eigenvalue weighted by atomic mass is 19.4. The fourth-order valence-electron chi connectivity index (χ4n) is 4.36. The number of hydrogen-bond acceptors (Lipinski definition) is 3. The molecule has 0 unspecified atom stereocenters. The van der Waals surface area contributed by atoms with Gasteiger partial charge in [0, 0.05) is 22.9 Å². The van der Waals surface area contributed by atoms with Gasteiger partial charge in [0.1, 0.15) is 0 Å². The first kappa shape index (κ1) is 23.6. The van der Waals surface area contributed by atoms with Crippen molar-refractivity contribution >= 4 is 23.4 Å². The second kappa shape index (κ2) is 8.45. The minimum absolute atomic E-state index is 0.104. The molecule has 0 atom stereocenters. The number of aryl methyl sites for hydroxylation is 1. The van der Waals surface area contributed by atoms with Crippen molar-refractivity contribution in [3.8, 4) is 0 Å². The summed E-state index contributed by atoms with van der Waals surface area (Å²) in [4.78, 5) is 14.6. The lowest BCUT2D eigenvalue weighted by molar-refractivity contribution is -0.137. The summed E-state index contributed by atoms with van der Waals surface area (Å²) in [6.45, 7) is 12.7. The first-order valence-electron chi connectivity index (χ1n) is 10.5. The molecule has 0 spiro atoms. The molecule has 0 saturated carbocycles. The smallest absolute Gasteiger partial charge is 0.360 e. The summed E-state index contributed by atoms with van der Waals surface area (Å²) in [7, 11) is 0. The number of nitrogens with zero attached hydrogens (tertiary/aromatic N) is 2. The molecular weight excluding hydrogens is 415 g/mol. The molecule has 32 heavy (non-hydrogen) atoms. The number of rotatable bonds is 4. The molecule has 0 saturated heterocycles. The van der Waals surface area contributed by atoms with Crippen LogP contribution in [0.1, 0.15) is 67.2 Å². The number of fused-ring (bicyclic) bond motifs is 1. The number of alkyl halides is 3. The van der Waals surface area contributed by atoms with Crippen molar-refractivity contribution in [3.63, 3.8) is 0 Å². The second-order valence-corrected chi connectivity index (χ2v) is 8.95. The summed E-state index contributed by atoms with van der Waals surface area (Å²) in [6.07, 6.45) is -0.752. The lowest BCUT2D eigenvalue weighted by Crippen LogP contribution is -2.49. The van der Waals surface area contributed by atoms with Crippen LogP contribution in [0.2, 0.25) is 0 Å². The molecule has 1 aliphatic heterocycles. The fourth-order valence-corrected chi connectivity index (χ4v) is 4.36. The first-order valence-corrected chi connectivity index (χ1v) is 10.5. The molecule has 0 radical (unpaired) electrons. The fraction of sp³-hybridized carbons (Fsp3) is 0.360. The Morgan fingerprint density at radius 1 is 1.16 bits per heavy atom. The van der Waals surface area contributed by atoms with Crippen LogP contribution in [-0.2, 0) is 6.18 Å². The van der Waals surface area contributed by atoms with Gasteiger partial charge in [0.2, 0.25) is 0 Å². The number of hydrazone groups is 1. The number of carbonyl (C=O) groups is 1. The molecule has 170 valence electrons. The van der Waals surface area contributed by atoms with E-state index in [0.29, 0.717) is 6.04 Å². The van der Waals surface area contributed by atoms with Crippen LogP contribution in [0.25, 0.3) is 5.57 Å². The minimum Gasteiger partial charge on any atom is -0.360 e. The number of anilines is 1. The number of amides is 1. The molecular formula is C25H28F3N3O. The Labute approximate surface area is 186 Å². The first-order chi connectivity index (χ1) is 14.8. The Balaban J connectivity index is 1.85. The molecule has 1 heterocycles. The zero-order valence-corrected chi connectivity index (χ0v) is 19.1. The van der Waals surface area contributed by atoms with Crippen molar-refractivity contribution in [2.45, 2.75) is 59.3 Å². The van der Waals surface area contributed by atoms with Crippen LogP contribution in [0.15, 0.2) is 47.6 Å². The molecule has 2 aromatic rings. The summed E-state index contributed by atoms with van der Waals surface area (Å²) in [6, 6.07) is 8.70. The van der Waals surface area contributed by atoms with E-state index in [2.05, 4.69) is 62.2 Å². The van der Waals surface area contributed by atoms with Crippen molar-refractivity contribution in [2.75, 3.05) is 4.90 Å². The van der Waals surface area contributed by atoms with E-state index in [4.69, 9.17) is 0 Å². The number of halogens is 3. The summed E-state index contributed by atoms with van der Waals surface area (Å²) >= 11 is 0. The number of nitrogens with one attached hydrogen (secondary N) is 1. The Hall–Kier alpha value is -3.09. The molecule has 3 rings (SSSR count). The molecule has 0 bridgehead atoms. The van der Waals surface area contributed by atoms with Crippen LogP contribution >= 0.6 is 0 Å². The van der Waals surface area contributed by atoms with Gasteiger partial charge in [-0.2, -0.15) is 18.3 Å². The summed E-state index contributed by atoms with van der Waals surface area (Å²) in [5.74, 6) is -0.702. The standard InChI is InChI=1S/C25H28F3N3O/c1-15(2)31-22-10-16(3)19(12-21(22)17(4)13-24(31,5)6)14-29-30-23(32)18-8-7-9-20(11-18)25(26,27)28/h7-15H,1-6H3,(H,30,32)/b29-14-. The zero-order chi connectivity index (χ0) is 23.8. The van der Waals surface area contributed by atoms with Gasteiger partial charge in [0.15, 0.2) is 0 Å². The maximum absolute atomic E-state index is 12.9.